The van der Waals surface area contributed by atoms with Crippen molar-refractivity contribution in [2.24, 2.45) is 0 Å². The Hall–Kier alpha value is -1.30. The van der Waals surface area contributed by atoms with Crippen molar-refractivity contribution < 1.29 is 4.79 Å². The molecule has 1 N–H and O–H groups in total. The van der Waals surface area contributed by atoms with Gasteiger partial charge in [0, 0.05) is 36.8 Å². The highest BCUT2D eigenvalue weighted by Crippen LogP contribution is 2.23. The minimum absolute atomic E-state index is 0.140. The Morgan fingerprint density at radius 3 is 3.17 bits per heavy atom. The van der Waals surface area contributed by atoms with Gasteiger partial charge in [0.25, 0.3) is 0 Å². The molecule has 128 valence electrons. The van der Waals surface area contributed by atoms with Crippen LogP contribution in [0.3, 0.4) is 0 Å². The first-order valence-electron chi connectivity index (χ1n) is 8.38. The van der Waals surface area contributed by atoms with Gasteiger partial charge in [0.1, 0.15) is 0 Å². The minimum Gasteiger partial charge on any atom is -0.354 e. The third-order valence-electron chi connectivity index (χ3n) is 4.22. The molecule has 5 heteroatoms. The summed E-state index contributed by atoms with van der Waals surface area (Å²) in [5.41, 5.74) is 4.02. The lowest BCUT2D eigenvalue weighted by molar-refractivity contribution is -0.118. The number of nitrogens with one attached hydrogen (secondary N) is 1. The zero-order valence-electron chi connectivity index (χ0n) is 14.1. The van der Waals surface area contributed by atoms with Crippen LogP contribution in [0.1, 0.15) is 21.6 Å². The van der Waals surface area contributed by atoms with E-state index in [0.29, 0.717) is 5.75 Å². The van der Waals surface area contributed by atoms with Crippen LogP contribution in [0.4, 0.5) is 0 Å². The molecular formula is C19H24N2OS2. The molecule has 3 nitrogen and oxygen atoms in total. The maximum atomic E-state index is 12.0. The van der Waals surface area contributed by atoms with Gasteiger partial charge in [-0.2, -0.15) is 0 Å². The molecule has 1 amide bonds. The van der Waals surface area contributed by atoms with E-state index in [0.717, 1.165) is 38.4 Å². The predicted molar refractivity (Wildman–Crippen MR) is 104 cm³/mol. The van der Waals surface area contributed by atoms with E-state index in [4.69, 9.17) is 0 Å². The van der Waals surface area contributed by atoms with Crippen LogP contribution >= 0.6 is 23.1 Å². The summed E-state index contributed by atoms with van der Waals surface area (Å²) < 4.78 is 0. The number of rotatable bonds is 7. The summed E-state index contributed by atoms with van der Waals surface area (Å²) in [6.07, 6.45) is 1.15. The van der Waals surface area contributed by atoms with Gasteiger partial charge in [0.2, 0.25) is 5.91 Å². The maximum absolute atomic E-state index is 12.0. The average Bonchev–Trinajstić information content (AvgIpc) is 3.03. The number of hydrogen-bond donors (Lipinski definition) is 1. The van der Waals surface area contributed by atoms with Crippen molar-refractivity contribution >= 4 is 29.0 Å². The number of carbonyl (C=O) groups excluding carboxylic acids is 1. The highest BCUT2D eigenvalue weighted by Gasteiger charge is 2.16. The number of aryl methyl sites for hydroxylation is 1. The average molecular weight is 361 g/mol. The fourth-order valence-electron chi connectivity index (χ4n) is 2.97. The van der Waals surface area contributed by atoms with Crippen LogP contribution in [0.15, 0.2) is 35.7 Å². The van der Waals surface area contributed by atoms with Gasteiger partial charge in [-0.25, -0.2) is 0 Å². The summed E-state index contributed by atoms with van der Waals surface area (Å²) in [6.45, 7) is 5.90. The number of benzene rings is 1. The van der Waals surface area contributed by atoms with E-state index in [-0.39, 0.29) is 5.91 Å². The van der Waals surface area contributed by atoms with Gasteiger partial charge in [-0.15, -0.1) is 23.1 Å². The van der Waals surface area contributed by atoms with Gasteiger partial charge in [0.05, 0.1) is 5.75 Å². The van der Waals surface area contributed by atoms with Crippen molar-refractivity contribution in [2.75, 3.05) is 25.4 Å². The number of amides is 1. The molecule has 0 atom stereocenters. The molecule has 1 aromatic heterocycles. The quantitative estimate of drug-likeness (QED) is 0.821. The molecule has 3 rings (SSSR count). The summed E-state index contributed by atoms with van der Waals surface area (Å²) in [7, 11) is 0. The Morgan fingerprint density at radius 2 is 2.29 bits per heavy atom. The van der Waals surface area contributed by atoms with Crippen molar-refractivity contribution in [1.82, 2.24) is 10.2 Å². The van der Waals surface area contributed by atoms with E-state index < -0.39 is 0 Å². The Labute approximate surface area is 152 Å². The number of fused-ring (bicyclic) bond motifs is 1. The molecule has 0 unspecified atom stereocenters. The zero-order chi connectivity index (χ0) is 16.8. The molecule has 2 aromatic rings. The topological polar surface area (TPSA) is 32.3 Å². The highest BCUT2D eigenvalue weighted by atomic mass is 32.2. The Balaban J connectivity index is 1.30. The Bertz CT molecular complexity index is 684. The third-order valence-corrected chi connectivity index (χ3v) is 6.25. The van der Waals surface area contributed by atoms with Crippen molar-refractivity contribution in [3.63, 3.8) is 0 Å². The van der Waals surface area contributed by atoms with Gasteiger partial charge >= 0.3 is 0 Å². The standard InChI is InChI=1S/C19H24N2OS2/c1-15-3-2-4-16(11-15)13-23-14-19(22)20-7-9-21-8-5-18-17(12-21)6-10-24-18/h2-4,6,10-11H,5,7-9,12-14H2,1H3,(H,20,22). The summed E-state index contributed by atoms with van der Waals surface area (Å²) in [5, 5.41) is 5.23. The van der Waals surface area contributed by atoms with Gasteiger partial charge in [-0.05, 0) is 35.9 Å². The second-order valence-electron chi connectivity index (χ2n) is 6.23. The Kier molecular flexibility index (Phi) is 6.35. The monoisotopic (exact) mass is 360 g/mol. The molecule has 0 saturated carbocycles. The molecule has 0 fully saturated rings. The van der Waals surface area contributed by atoms with Crippen LogP contribution in [0.2, 0.25) is 0 Å². The van der Waals surface area contributed by atoms with E-state index >= 15 is 0 Å². The molecule has 2 heterocycles. The van der Waals surface area contributed by atoms with Crippen molar-refractivity contribution in [2.45, 2.75) is 25.6 Å². The second kappa shape index (κ2) is 8.70. The third kappa shape index (κ3) is 5.10. The number of thioether (sulfide) groups is 1. The van der Waals surface area contributed by atoms with Gasteiger partial charge in [0.15, 0.2) is 0 Å². The molecule has 0 radical (unpaired) electrons. The predicted octanol–water partition coefficient (Wildman–Crippen LogP) is 3.46. The van der Waals surface area contributed by atoms with E-state index in [9.17, 15) is 4.79 Å². The lowest BCUT2D eigenvalue weighted by Crippen LogP contribution is -2.37. The summed E-state index contributed by atoms with van der Waals surface area (Å²) in [6, 6.07) is 10.7. The van der Waals surface area contributed by atoms with Gasteiger partial charge in [-0.3, -0.25) is 9.69 Å². The molecule has 1 aliphatic heterocycles. The minimum atomic E-state index is 0.140. The normalized spacial score (nSPS) is 14.4. The van der Waals surface area contributed by atoms with Crippen molar-refractivity contribution in [1.29, 1.82) is 0 Å². The maximum Gasteiger partial charge on any atom is 0.230 e. The number of hydrogen-bond acceptors (Lipinski definition) is 4. The molecule has 1 aromatic carbocycles. The van der Waals surface area contributed by atoms with E-state index in [2.05, 4.69) is 52.9 Å². The largest absolute Gasteiger partial charge is 0.354 e. The van der Waals surface area contributed by atoms with E-state index in [1.807, 2.05) is 11.3 Å². The van der Waals surface area contributed by atoms with Crippen LogP contribution in [0, 0.1) is 6.92 Å². The fourth-order valence-corrected chi connectivity index (χ4v) is 4.66. The summed E-state index contributed by atoms with van der Waals surface area (Å²) >= 11 is 3.54. The van der Waals surface area contributed by atoms with E-state index in [1.54, 1.807) is 11.8 Å². The lowest BCUT2D eigenvalue weighted by Gasteiger charge is -2.26. The molecule has 0 aliphatic carbocycles. The fraction of sp³-hybridized carbons (Fsp3) is 0.421. The number of carbonyl (C=O) groups is 1. The van der Waals surface area contributed by atoms with Gasteiger partial charge < -0.3 is 5.32 Å². The second-order valence-corrected chi connectivity index (χ2v) is 8.21. The first-order valence-corrected chi connectivity index (χ1v) is 10.4. The van der Waals surface area contributed by atoms with Crippen LogP contribution in [0.5, 0.6) is 0 Å². The van der Waals surface area contributed by atoms with Crippen LogP contribution in [-0.2, 0) is 23.5 Å². The molecule has 1 aliphatic rings. The number of thiophene rings is 1. The lowest BCUT2D eigenvalue weighted by atomic mass is 10.1. The molecule has 24 heavy (non-hydrogen) atoms. The van der Waals surface area contributed by atoms with E-state index in [1.165, 1.54) is 21.6 Å². The molecule has 0 bridgehead atoms. The molecular weight excluding hydrogens is 336 g/mol. The van der Waals surface area contributed by atoms with Crippen LogP contribution < -0.4 is 5.32 Å². The Morgan fingerprint density at radius 1 is 1.38 bits per heavy atom. The number of nitrogens with zero attached hydrogens (tertiary/aromatic N) is 1. The zero-order valence-corrected chi connectivity index (χ0v) is 15.7. The van der Waals surface area contributed by atoms with Gasteiger partial charge in [-0.1, -0.05) is 29.8 Å². The first kappa shape index (κ1) is 17.5. The molecule has 0 spiro atoms. The highest BCUT2D eigenvalue weighted by molar-refractivity contribution is 7.99. The smallest absolute Gasteiger partial charge is 0.230 e. The van der Waals surface area contributed by atoms with Crippen molar-refractivity contribution in [3.05, 3.63) is 57.3 Å². The molecule has 0 saturated heterocycles. The van der Waals surface area contributed by atoms with Crippen LogP contribution in [0.25, 0.3) is 0 Å². The SMILES string of the molecule is Cc1cccc(CSCC(=O)NCCN2CCc3sccc3C2)c1. The summed E-state index contributed by atoms with van der Waals surface area (Å²) in [4.78, 5) is 15.9. The van der Waals surface area contributed by atoms with Crippen LogP contribution in [-0.4, -0.2) is 36.2 Å². The van der Waals surface area contributed by atoms with Crippen molar-refractivity contribution in [3.8, 4) is 0 Å². The first-order chi connectivity index (χ1) is 11.7. The summed E-state index contributed by atoms with van der Waals surface area (Å²) in [5.74, 6) is 1.56.